The lowest BCUT2D eigenvalue weighted by Crippen LogP contribution is -2.39. The molecule has 20 heavy (non-hydrogen) atoms. The average Bonchev–Trinajstić information content (AvgIpc) is 2.66. The lowest BCUT2D eigenvalue weighted by atomic mass is 9.94. The Hall–Kier alpha value is -1.06. The summed E-state index contributed by atoms with van der Waals surface area (Å²) in [5.74, 6) is 0.940. The first kappa shape index (κ1) is 15.3. The summed E-state index contributed by atoms with van der Waals surface area (Å²) in [6.07, 6.45) is 6.66. The van der Waals surface area contributed by atoms with Crippen molar-refractivity contribution < 1.29 is 9.84 Å². The van der Waals surface area contributed by atoms with Gasteiger partial charge in [-0.1, -0.05) is 43.9 Å². The second-order valence-corrected chi connectivity index (χ2v) is 5.78. The van der Waals surface area contributed by atoms with Crippen LogP contribution in [0.5, 0.6) is 5.75 Å². The molecule has 1 aromatic rings. The maximum absolute atomic E-state index is 10.6. The summed E-state index contributed by atoms with van der Waals surface area (Å²) in [5.41, 5.74) is 0.642. The Bertz CT molecular complexity index is 398. The van der Waals surface area contributed by atoms with Gasteiger partial charge in [-0.25, -0.2) is 0 Å². The number of hydrogen-bond acceptors (Lipinski definition) is 3. The molecule has 0 amide bonds. The van der Waals surface area contributed by atoms with E-state index in [1.807, 2.05) is 25.1 Å². The van der Waals surface area contributed by atoms with Gasteiger partial charge in [0.2, 0.25) is 0 Å². The van der Waals surface area contributed by atoms with Crippen LogP contribution in [-0.2, 0) is 6.54 Å². The topological polar surface area (TPSA) is 41.5 Å². The quantitative estimate of drug-likeness (QED) is 0.784. The number of aliphatic hydroxyl groups is 1. The fourth-order valence-electron chi connectivity index (χ4n) is 2.94. The summed E-state index contributed by atoms with van der Waals surface area (Å²) < 4.78 is 5.62. The monoisotopic (exact) mass is 277 g/mol. The van der Waals surface area contributed by atoms with Crippen LogP contribution in [0.25, 0.3) is 0 Å². The molecule has 0 saturated heterocycles. The zero-order valence-corrected chi connectivity index (χ0v) is 12.5. The maximum atomic E-state index is 10.6. The minimum absolute atomic E-state index is 0.517. The van der Waals surface area contributed by atoms with E-state index >= 15 is 0 Å². The third kappa shape index (κ3) is 4.50. The van der Waals surface area contributed by atoms with Gasteiger partial charge >= 0.3 is 0 Å². The molecule has 0 radical (unpaired) electrons. The molecule has 3 nitrogen and oxygen atoms in total. The molecule has 3 heteroatoms. The highest BCUT2D eigenvalue weighted by molar-refractivity contribution is 5.33. The van der Waals surface area contributed by atoms with Crippen molar-refractivity contribution in [1.82, 2.24) is 5.32 Å². The molecule has 1 aliphatic rings. The van der Waals surface area contributed by atoms with Crippen LogP contribution >= 0.6 is 0 Å². The van der Waals surface area contributed by atoms with Crippen LogP contribution in [-0.4, -0.2) is 23.9 Å². The van der Waals surface area contributed by atoms with Crippen molar-refractivity contribution in [3.8, 4) is 5.75 Å². The van der Waals surface area contributed by atoms with E-state index in [0.717, 1.165) is 43.5 Å². The van der Waals surface area contributed by atoms with Crippen molar-refractivity contribution >= 4 is 0 Å². The molecule has 0 unspecified atom stereocenters. The van der Waals surface area contributed by atoms with Crippen LogP contribution in [0.3, 0.4) is 0 Å². The fourth-order valence-corrected chi connectivity index (χ4v) is 2.94. The average molecular weight is 277 g/mol. The molecule has 2 N–H and O–H groups in total. The number of ether oxygens (including phenoxy) is 1. The Morgan fingerprint density at radius 3 is 2.55 bits per heavy atom. The number of hydrogen-bond donors (Lipinski definition) is 2. The van der Waals surface area contributed by atoms with Crippen molar-refractivity contribution in [1.29, 1.82) is 0 Å². The molecule has 2 rings (SSSR count). The number of para-hydroxylation sites is 1. The second-order valence-electron chi connectivity index (χ2n) is 5.78. The zero-order chi connectivity index (χ0) is 14.3. The Kier molecular flexibility index (Phi) is 5.86. The van der Waals surface area contributed by atoms with Gasteiger partial charge in [-0.2, -0.15) is 0 Å². The number of rotatable bonds is 6. The van der Waals surface area contributed by atoms with E-state index in [0.29, 0.717) is 13.2 Å². The van der Waals surface area contributed by atoms with E-state index in [1.54, 1.807) is 0 Å². The van der Waals surface area contributed by atoms with Crippen molar-refractivity contribution in [2.45, 2.75) is 57.6 Å². The highest BCUT2D eigenvalue weighted by Crippen LogP contribution is 2.26. The maximum Gasteiger partial charge on any atom is 0.123 e. The molecule has 1 fully saturated rings. The van der Waals surface area contributed by atoms with Gasteiger partial charge < -0.3 is 15.2 Å². The molecule has 1 saturated carbocycles. The van der Waals surface area contributed by atoms with Crippen LogP contribution in [0.4, 0.5) is 0 Å². The lowest BCUT2D eigenvalue weighted by molar-refractivity contribution is 0.0250. The Morgan fingerprint density at radius 1 is 1.15 bits per heavy atom. The van der Waals surface area contributed by atoms with E-state index in [1.165, 1.54) is 12.8 Å². The predicted molar refractivity (Wildman–Crippen MR) is 82.0 cm³/mol. The first-order valence-corrected chi connectivity index (χ1v) is 7.87. The number of benzene rings is 1. The van der Waals surface area contributed by atoms with E-state index in [2.05, 4.69) is 11.4 Å². The number of nitrogens with one attached hydrogen (secondary N) is 1. The third-order valence-electron chi connectivity index (χ3n) is 4.08. The summed E-state index contributed by atoms with van der Waals surface area (Å²) >= 11 is 0. The SMILES string of the molecule is CCOc1ccccc1CNCC1(O)CCCCCC1. The van der Waals surface area contributed by atoms with Crippen LogP contribution in [0, 0.1) is 0 Å². The Morgan fingerprint density at radius 2 is 1.85 bits per heavy atom. The molecular formula is C17H27NO2. The van der Waals surface area contributed by atoms with Crippen molar-refractivity contribution in [3.63, 3.8) is 0 Å². The summed E-state index contributed by atoms with van der Waals surface area (Å²) in [6, 6.07) is 8.10. The minimum atomic E-state index is -0.517. The second kappa shape index (κ2) is 7.65. The zero-order valence-electron chi connectivity index (χ0n) is 12.5. The highest BCUT2D eigenvalue weighted by atomic mass is 16.5. The molecule has 1 aliphatic carbocycles. The van der Waals surface area contributed by atoms with E-state index in [-0.39, 0.29) is 0 Å². The molecule has 0 spiro atoms. The molecule has 0 bridgehead atoms. The van der Waals surface area contributed by atoms with Gasteiger partial charge in [-0.05, 0) is 25.8 Å². The summed E-state index contributed by atoms with van der Waals surface area (Å²) in [6.45, 7) is 4.10. The normalized spacial score (nSPS) is 18.5. The van der Waals surface area contributed by atoms with E-state index < -0.39 is 5.60 Å². The summed E-state index contributed by atoms with van der Waals surface area (Å²) in [7, 11) is 0. The van der Waals surface area contributed by atoms with E-state index in [9.17, 15) is 5.11 Å². The summed E-state index contributed by atoms with van der Waals surface area (Å²) in [4.78, 5) is 0. The fraction of sp³-hybridized carbons (Fsp3) is 0.647. The third-order valence-corrected chi connectivity index (χ3v) is 4.08. The molecular weight excluding hydrogens is 250 g/mol. The van der Waals surface area contributed by atoms with Gasteiger partial charge in [0.1, 0.15) is 5.75 Å². The molecule has 0 aromatic heterocycles. The first-order chi connectivity index (χ1) is 9.73. The summed E-state index contributed by atoms with van der Waals surface area (Å²) in [5, 5.41) is 14.0. The Labute approximate surface area is 122 Å². The van der Waals surface area contributed by atoms with E-state index in [4.69, 9.17) is 4.74 Å². The van der Waals surface area contributed by atoms with Crippen LogP contribution < -0.4 is 10.1 Å². The van der Waals surface area contributed by atoms with Gasteiger partial charge in [0, 0.05) is 18.7 Å². The van der Waals surface area contributed by atoms with Gasteiger partial charge in [0.15, 0.2) is 0 Å². The van der Waals surface area contributed by atoms with Gasteiger partial charge in [-0.3, -0.25) is 0 Å². The van der Waals surface area contributed by atoms with Crippen molar-refractivity contribution in [2.75, 3.05) is 13.2 Å². The van der Waals surface area contributed by atoms with Gasteiger partial charge in [-0.15, -0.1) is 0 Å². The first-order valence-electron chi connectivity index (χ1n) is 7.87. The van der Waals surface area contributed by atoms with Gasteiger partial charge in [0.05, 0.1) is 12.2 Å². The highest BCUT2D eigenvalue weighted by Gasteiger charge is 2.27. The predicted octanol–water partition coefficient (Wildman–Crippen LogP) is 3.26. The molecule has 0 heterocycles. The minimum Gasteiger partial charge on any atom is -0.494 e. The van der Waals surface area contributed by atoms with Crippen LogP contribution in [0.15, 0.2) is 24.3 Å². The smallest absolute Gasteiger partial charge is 0.123 e. The molecule has 0 atom stereocenters. The van der Waals surface area contributed by atoms with Crippen LogP contribution in [0.2, 0.25) is 0 Å². The Balaban J connectivity index is 1.85. The van der Waals surface area contributed by atoms with Gasteiger partial charge in [0.25, 0.3) is 0 Å². The molecule has 0 aliphatic heterocycles. The lowest BCUT2D eigenvalue weighted by Gasteiger charge is -2.27. The molecule has 112 valence electrons. The largest absolute Gasteiger partial charge is 0.494 e. The molecule has 1 aromatic carbocycles. The van der Waals surface area contributed by atoms with Crippen molar-refractivity contribution in [3.05, 3.63) is 29.8 Å². The van der Waals surface area contributed by atoms with Crippen molar-refractivity contribution in [2.24, 2.45) is 0 Å². The van der Waals surface area contributed by atoms with Crippen LogP contribution in [0.1, 0.15) is 51.0 Å². The standard InChI is InChI=1S/C17H27NO2/c1-2-20-16-10-6-5-9-15(16)13-18-14-17(19)11-7-3-4-8-12-17/h5-6,9-10,18-19H,2-4,7-8,11-14H2,1H3.